The molecule has 0 aliphatic heterocycles. The highest BCUT2D eigenvalue weighted by Crippen LogP contribution is 2.13. The minimum absolute atomic E-state index is 0.391. The average Bonchev–Trinajstić information content (AvgIpc) is 2.03. The minimum Gasteiger partial charge on any atom is -0.495 e. The first kappa shape index (κ1) is 8.32. The lowest BCUT2D eigenvalue weighted by molar-refractivity contribution is 0.209. The number of nitrogens with one attached hydrogen (secondary N) is 1. The van der Waals surface area contributed by atoms with E-state index in [4.69, 9.17) is 9.84 Å². The summed E-state index contributed by atoms with van der Waals surface area (Å²) in [5.74, 6) is 0.515. The zero-order chi connectivity index (χ0) is 8.97. The Bertz CT molecular complexity index is 288. The van der Waals surface area contributed by atoms with E-state index in [1.54, 1.807) is 6.07 Å². The number of methoxy groups -OCH3 is 1. The van der Waals surface area contributed by atoms with Gasteiger partial charge in [-0.3, -0.25) is 10.3 Å². The lowest BCUT2D eigenvalue weighted by Crippen LogP contribution is -2.07. The van der Waals surface area contributed by atoms with Crippen LogP contribution in [-0.2, 0) is 0 Å². The van der Waals surface area contributed by atoms with Crippen molar-refractivity contribution in [1.82, 2.24) is 4.98 Å². The Morgan fingerprint density at radius 2 is 2.42 bits per heavy atom. The summed E-state index contributed by atoms with van der Waals surface area (Å²) in [6.07, 6.45) is 1.77. The van der Waals surface area contributed by atoms with E-state index < -0.39 is 6.09 Å². The number of hydrogen-bond donors (Lipinski definition) is 2. The Balaban J connectivity index is 2.79. The van der Waals surface area contributed by atoms with Crippen LogP contribution >= 0.6 is 0 Å². The molecule has 0 unspecified atom stereocenters. The third kappa shape index (κ3) is 2.12. The number of nitrogens with zero attached hydrogens (tertiary/aromatic N) is 1. The van der Waals surface area contributed by atoms with Gasteiger partial charge < -0.3 is 9.84 Å². The summed E-state index contributed by atoms with van der Waals surface area (Å²) >= 11 is 0. The molecule has 0 aliphatic rings. The molecule has 0 atom stereocenters. The maximum absolute atomic E-state index is 10.2. The number of anilines is 1. The second-order valence-electron chi connectivity index (χ2n) is 2.04. The topological polar surface area (TPSA) is 71.5 Å². The van der Waals surface area contributed by atoms with Crippen LogP contribution < -0.4 is 10.1 Å². The highest BCUT2D eigenvalue weighted by atomic mass is 16.5. The van der Waals surface area contributed by atoms with E-state index in [-0.39, 0.29) is 0 Å². The van der Waals surface area contributed by atoms with Crippen molar-refractivity contribution in [2.45, 2.75) is 0 Å². The van der Waals surface area contributed by atoms with Crippen LogP contribution in [0.5, 0.6) is 5.75 Å². The summed E-state index contributed by atoms with van der Waals surface area (Å²) in [6, 6.07) is 1.54. The van der Waals surface area contributed by atoms with Gasteiger partial charge in [-0.2, -0.15) is 0 Å². The maximum atomic E-state index is 10.2. The molecule has 0 saturated carbocycles. The fourth-order valence-electron chi connectivity index (χ4n) is 0.722. The second-order valence-corrected chi connectivity index (χ2v) is 2.04. The molecule has 1 rings (SSSR count). The van der Waals surface area contributed by atoms with Crippen LogP contribution in [0.25, 0.3) is 0 Å². The number of rotatable bonds is 2. The van der Waals surface area contributed by atoms with Crippen LogP contribution in [0.4, 0.5) is 10.5 Å². The van der Waals surface area contributed by atoms with Gasteiger partial charge in [-0.15, -0.1) is 0 Å². The maximum Gasteiger partial charge on any atom is 0.409 e. The second kappa shape index (κ2) is 3.56. The average molecular weight is 168 g/mol. The third-order valence-corrected chi connectivity index (χ3v) is 1.20. The van der Waals surface area contributed by atoms with Gasteiger partial charge in [0.25, 0.3) is 0 Å². The number of hydrogen-bond acceptors (Lipinski definition) is 3. The molecule has 0 radical (unpaired) electrons. The predicted octanol–water partition coefficient (Wildman–Crippen LogP) is 1.18. The Hall–Kier alpha value is -1.78. The van der Waals surface area contributed by atoms with Gasteiger partial charge in [-0.1, -0.05) is 0 Å². The molecule has 0 fully saturated rings. The summed E-state index contributed by atoms with van der Waals surface area (Å²) in [4.78, 5) is 13.9. The molecule has 1 aromatic heterocycles. The van der Waals surface area contributed by atoms with E-state index in [0.717, 1.165) is 0 Å². The minimum atomic E-state index is -1.12. The molecule has 1 amide bonds. The van der Waals surface area contributed by atoms with Gasteiger partial charge in [0.1, 0.15) is 5.75 Å². The van der Waals surface area contributed by atoms with E-state index in [2.05, 4.69) is 10.3 Å². The Morgan fingerprint density at radius 1 is 1.67 bits per heavy atom. The number of ether oxygens (including phenoxy) is 1. The molecule has 0 spiro atoms. The number of amides is 1. The molecule has 64 valence electrons. The lowest BCUT2D eigenvalue weighted by Gasteiger charge is -2.01. The molecule has 0 aliphatic carbocycles. The van der Waals surface area contributed by atoms with Gasteiger partial charge in [-0.05, 0) is 0 Å². The molecule has 12 heavy (non-hydrogen) atoms. The number of aromatic nitrogens is 1. The standard InChI is InChI=1S/C7H8N2O3/c1-12-6-2-5(3-8-4-6)9-7(10)11/h2-4,9H,1H3,(H,10,11). The summed E-state index contributed by atoms with van der Waals surface area (Å²) in [7, 11) is 1.49. The first-order valence-corrected chi connectivity index (χ1v) is 3.21. The van der Waals surface area contributed by atoms with Crippen LogP contribution in [0.2, 0.25) is 0 Å². The summed E-state index contributed by atoms with van der Waals surface area (Å²) in [5, 5.41) is 10.5. The molecule has 1 aromatic rings. The Labute approximate surface area is 69.0 Å². The summed E-state index contributed by atoms with van der Waals surface area (Å²) in [5.41, 5.74) is 0.391. The van der Waals surface area contributed by atoms with Crippen molar-refractivity contribution in [3.8, 4) is 5.75 Å². The van der Waals surface area contributed by atoms with E-state index in [1.165, 1.54) is 19.5 Å². The monoisotopic (exact) mass is 168 g/mol. The Kier molecular flexibility index (Phi) is 2.47. The van der Waals surface area contributed by atoms with Crippen molar-refractivity contribution in [3.05, 3.63) is 18.5 Å². The smallest absolute Gasteiger partial charge is 0.409 e. The predicted molar refractivity (Wildman–Crippen MR) is 42.4 cm³/mol. The highest BCUT2D eigenvalue weighted by Gasteiger charge is 1.98. The van der Waals surface area contributed by atoms with Crippen LogP contribution in [0.3, 0.4) is 0 Å². The highest BCUT2D eigenvalue weighted by molar-refractivity contribution is 5.82. The number of pyridine rings is 1. The zero-order valence-electron chi connectivity index (χ0n) is 6.44. The molecule has 0 bridgehead atoms. The first-order chi connectivity index (χ1) is 5.72. The van der Waals surface area contributed by atoms with Crippen LogP contribution in [0, 0.1) is 0 Å². The fourth-order valence-corrected chi connectivity index (χ4v) is 0.722. The normalized spacial score (nSPS) is 9.08. The SMILES string of the molecule is COc1cncc(NC(=O)O)c1. The Morgan fingerprint density at radius 3 is 3.00 bits per heavy atom. The van der Waals surface area contributed by atoms with E-state index in [1.807, 2.05) is 0 Å². The van der Waals surface area contributed by atoms with Gasteiger partial charge in [0.15, 0.2) is 0 Å². The summed E-state index contributed by atoms with van der Waals surface area (Å²) < 4.78 is 4.84. The molecule has 2 N–H and O–H groups in total. The van der Waals surface area contributed by atoms with E-state index in [9.17, 15) is 4.79 Å². The van der Waals surface area contributed by atoms with Crippen LogP contribution in [-0.4, -0.2) is 23.3 Å². The molecular weight excluding hydrogens is 160 g/mol. The van der Waals surface area contributed by atoms with Crippen molar-refractivity contribution in [3.63, 3.8) is 0 Å². The van der Waals surface area contributed by atoms with Crippen molar-refractivity contribution in [1.29, 1.82) is 0 Å². The van der Waals surface area contributed by atoms with Crippen molar-refractivity contribution >= 4 is 11.8 Å². The molecule has 0 aromatic carbocycles. The lowest BCUT2D eigenvalue weighted by atomic mass is 10.4. The molecular formula is C7H8N2O3. The van der Waals surface area contributed by atoms with E-state index in [0.29, 0.717) is 11.4 Å². The molecule has 5 heteroatoms. The number of carbonyl (C=O) groups is 1. The van der Waals surface area contributed by atoms with Gasteiger partial charge in [-0.25, -0.2) is 4.79 Å². The van der Waals surface area contributed by atoms with Gasteiger partial charge >= 0.3 is 6.09 Å². The largest absolute Gasteiger partial charge is 0.495 e. The van der Waals surface area contributed by atoms with Crippen molar-refractivity contribution in [2.24, 2.45) is 0 Å². The van der Waals surface area contributed by atoms with Crippen LogP contribution in [0.15, 0.2) is 18.5 Å². The zero-order valence-corrected chi connectivity index (χ0v) is 6.44. The molecule has 0 saturated heterocycles. The first-order valence-electron chi connectivity index (χ1n) is 3.21. The van der Waals surface area contributed by atoms with Gasteiger partial charge in [0.05, 0.1) is 25.2 Å². The van der Waals surface area contributed by atoms with Gasteiger partial charge in [0.2, 0.25) is 0 Å². The van der Waals surface area contributed by atoms with Crippen LogP contribution in [0.1, 0.15) is 0 Å². The number of carboxylic acid groups (broad SMARTS) is 1. The quantitative estimate of drug-likeness (QED) is 0.695. The van der Waals surface area contributed by atoms with Crippen molar-refractivity contribution < 1.29 is 14.6 Å². The van der Waals surface area contributed by atoms with Crippen molar-refractivity contribution in [2.75, 3.05) is 12.4 Å². The third-order valence-electron chi connectivity index (χ3n) is 1.20. The fraction of sp³-hybridized carbons (Fsp3) is 0.143. The summed E-state index contributed by atoms with van der Waals surface area (Å²) in [6.45, 7) is 0. The molecule has 5 nitrogen and oxygen atoms in total. The van der Waals surface area contributed by atoms with E-state index >= 15 is 0 Å². The molecule has 1 heterocycles. The van der Waals surface area contributed by atoms with Gasteiger partial charge in [0, 0.05) is 6.07 Å².